The largest absolute Gasteiger partial charge is 0.384 e. The molecular formula is C14H21N3O5S. The Morgan fingerprint density at radius 1 is 1.30 bits per heavy atom. The van der Waals surface area contributed by atoms with E-state index in [2.05, 4.69) is 15.4 Å². The van der Waals surface area contributed by atoms with Gasteiger partial charge in [0, 0.05) is 19.2 Å². The van der Waals surface area contributed by atoms with E-state index in [0.717, 1.165) is 0 Å². The van der Waals surface area contributed by atoms with Crippen LogP contribution in [0.1, 0.15) is 13.3 Å². The van der Waals surface area contributed by atoms with Gasteiger partial charge in [0.05, 0.1) is 11.5 Å². The number of carbonyl (C=O) groups excluding carboxylic acids is 2. The van der Waals surface area contributed by atoms with Crippen LogP contribution >= 0.6 is 0 Å². The summed E-state index contributed by atoms with van der Waals surface area (Å²) in [6, 6.07) is 5.07. The maximum absolute atomic E-state index is 12.0. The zero-order valence-electron chi connectivity index (χ0n) is 13.3. The van der Waals surface area contributed by atoms with Crippen molar-refractivity contribution in [3.8, 4) is 0 Å². The third kappa shape index (κ3) is 5.97. The van der Waals surface area contributed by atoms with E-state index in [0.29, 0.717) is 5.69 Å². The number of sulfonamides is 1. The number of methoxy groups -OCH3 is 1. The summed E-state index contributed by atoms with van der Waals surface area (Å²) in [5.41, 5.74) is 0.323. The molecule has 8 nitrogen and oxygen atoms in total. The second kappa shape index (κ2) is 8.61. The fraction of sp³-hybridized carbons (Fsp3) is 0.429. The molecule has 3 N–H and O–H groups in total. The summed E-state index contributed by atoms with van der Waals surface area (Å²) in [6.45, 7) is 1.80. The molecule has 1 rings (SSSR count). The molecule has 0 heterocycles. The van der Waals surface area contributed by atoms with Crippen molar-refractivity contribution in [1.29, 1.82) is 0 Å². The molecule has 0 saturated heterocycles. The van der Waals surface area contributed by atoms with E-state index in [9.17, 15) is 18.0 Å². The van der Waals surface area contributed by atoms with Gasteiger partial charge in [0.25, 0.3) is 0 Å². The number of carbonyl (C=O) groups is 2. The van der Waals surface area contributed by atoms with Gasteiger partial charge in [-0.2, -0.15) is 0 Å². The molecule has 1 atom stereocenters. The average Bonchev–Trinajstić information content (AvgIpc) is 2.53. The van der Waals surface area contributed by atoms with Crippen molar-refractivity contribution in [3.63, 3.8) is 0 Å². The van der Waals surface area contributed by atoms with E-state index in [-0.39, 0.29) is 23.8 Å². The lowest BCUT2D eigenvalue weighted by atomic mass is 10.2. The Kier molecular flexibility index (Phi) is 7.14. The fourth-order valence-corrected chi connectivity index (χ4v) is 2.46. The summed E-state index contributed by atoms with van der Waals surface area (Å²) in [5, 5.41) is 5.09. The number of amides is 2. The van der Waals surface area contributed by atoms with Crippen molar-refractivity contribution >= 4 is 27.5 Å². The summed E-state index contributed by atoms with van der Waals surface area (Å²) in [6.07, 6.45) is 0.157. The molecule has 0 aromatic heterocycles. The van der Waals surface area contributed by atoms with E-state index in [1.165, 1.54) is 39.3 Å². The summed E-state index contributed by atoms with van der Waals surface area (Å²) in [4.78, 5) is 23.6. The summed E-state index contributed by atoms with van der Waals surface area (Å²) < 4.78 is 30.4. The molecule has 0 spiro atoms. The van der Waals surface area contributed by atoms with Crippen LogP contribution in [0.15, 0.2) is 29.2 Å². The number of nitrogens with one attached hydrogen (secondary N) is 3. The van der Waals surface area contributed by atoms with E-state index in [1.54, 1.807) is 6.07 Å². The van der Waals surface area contributed by atoms with Crippen LogP contribution in [0.25, 0.3) is 0 Å². The van der Waals surface area contributed by atoms with Crippen LogP contribution in [0, 0.1) is 0 Å². The number of rotatable bonds is 8. The van der Waals surface area contributed by atoms with Crippen LogP contribution in [0.5, 0.6) is 0 Å². The van der Waals surface area contributed by atoms with Gasteiger partial charge in [-0.05, 0) is 32.2 Å². The first-order valence-corrected chi connectivity index (χ1v) is 8.41. The molecule has 128 valence electrons. The molecular weight excluding hydrogens is 322 g/mol. The zero-order chi connectivity index (χ0) is 17.5. The number of anilines is 1. The molecule has 1 aromatic rings. The Morgan fingerprint density at radius 2 is 2.00 bits per heavy atom. The monoisotopic (exact) mass is 343 g/mol. The fourth-order valence-electron chi connectivity index (χ4n) is 1.68. The SMILES string of the molecule is CNS(=O)(=O)c1cccc(NC(=O)[C@@H](C)NC(=O)CCOC)c1. The summed E-state index contributed by atoms with van der Waals surface area (Å²) >= 11 is 0. The lowest BCUT2D eigenvalue weighted by molar-refractivity contribution is -0.126. The van der Waals surface area contributed by atoms with E-state index < -0.39 is 22.0 Å². The standard InChI is InChI=1S/C14H21N3O5S/c1-10(16-13(18)7-8-22-3)14(19)17-11-5-4-6-12(9-11)23(20,21)15-2/h4-6,9-10,15H,7-8H2,1-3H3,(H,16,18)(H,17,19)/t10-/m1/s1. The van der Waals surface area contributed by atoms with Crippen molar-refractivity contribution < 1.29 is 22.7 Å². The summed E-state index contributed by atoms with van der Waals surface area (Å²) in [5.74, 6) is -0.754. The first kappa shape index (κ1) is 19.1. The number of benzene rings is 1. The smallest absolute Gasteiger partial charge is 0.246 e. The first-order chi connectivity index (χ1) is 10.8. The van der Waals surface area contributed by atoms with Gasteiger partial charge in [0.2, 0.25) is 21.8 Å². The van der Waals surface area contributed by atoms with Crippen LogP contribution in [0.2, 0.25) is 0 Å². The maximum atomic E-state index is 12.0. The van der Waals surface area contributed by atoms with Crippen molar-refractivity contribution in [1.82, 2.24) is 10.0 Å². The second-order valence-electron chi connectivity index (χ2n) is 4.76. The molecule has 0 fully saturated rings. The molecule has 0 aliphatic carbocycles. The normalized spacial score (nSPS) is 12.5. The molecule has 0 bridgehead atoms. The average molecular weight is 343 g/mol. The topological polar surface area (TPSA) is 114 Å². The van der Waals surface area contributed by atoms with Gasteiger partial charge in [-0.25, -0.2) is 13.1 Å². The highest BCUT2D eigenvalue weighted by Crippen LogP contribution is 2.15. The van der Waals surface area contributed by atoms with Gasteiger partial charge in [-0.3, -0.25) is 9.59 Å². The van der Waals surface area contributed by atoms with Gasteiger partial charge in [-0.1, -0.05) is 6.07 Å². The third-order valence-corrected chi connectivity index (χ3v) is 4.40. The minimum absolute atomic E-state index is 0.0367. The Balaban J connectivity index is 2.70. The maximum Gasteiger partial charge on any atom is 0.246 e. The quantitative estimate of drug-likeness (QED) is 0.618. The van der Waals surface area contributed by atoms with Crippen LogP contribution in [-0.4, -0.2) is 47.0 Å². The van der Waals surface area contributed by atoms with Crippen LogP contribution in [-0.2, 0) is 24.3 Å². The highest BCUT2D eigenvalue weighted by Gasteiger charge is 2.17. The molecule has 9 heteroatoms. The Hall–Kier alpha value is -1.97. The predicted molar refractivity (Wildman–Crippen MR) is 85.4 cm³/mol. The Labute approximate surface area is 135 Å². The second-order valence-corrected chi connectivity index (χ2v) is 6.64. The van der Waals surface area contributed by atoms with Crippen LogP contribution < -0.4 is 15.4 Å². The molecule has 2 amide bonds. The molecule has 0 aliphatic rings. The van der Waals surface area contributed by atoms with Crippen molar-refractivity contribution in [3.05, 3.63) is 24.3 Å². The lowest BCUT2D eigenvalue weighted by Gasteiger charge is -2.14. The third-order valence-electron chi connectivity index (χ3n) is 2.98. The molecule has 0 radical (unpaired) electrons. The molecule has 0 unspecified atom stereocenters. The highest BCUT2D eigenvalue weighted by molar-refractivity contribution is 7.89. The number of hydrogen-bond acceptors (Lipinski definition) is 5. The van der Waals surface area contributed by atoms with E-state index >= 15 is 0 Å². The summed E-state index contributed by atoms with van der Waals surface area (Å²) in [7, 11) is -0.805. The number of hydrogen-bond donors (Lipinski definition) is 3. The molecule has 23 heavy (non-hydrogen) atoms. The van der Waals surface area contributed by atoms with Gasteiger partial charge >= 0.3 is 0 Å². The van der Waals surface area contributed by atoms with Gasteiger partial charge in [0.15, 0.2) is 0 Å². The highest BCUT2D eigenvalue weighted by atomic mass is 32.2. The Morgan fingerprint density at radius 3 is 2.61 bits per heavy atom. The Bertz CT molecular complexity index is 660. The van der Waals surface area contributed by atoms with Crippen LogP contribution in [0.3, 0.4) is 0 Å². The predicted octanol–water partition coefficient (Wildman–Crippen LogP) is 0.0744. The number of ether oxygens (including phenoxy) is 1. The first-order valence-electron chi connectivity index (χ1n) is 6.93. The van der Waals surface area contributed by atoms with E-state index in [1.807, 2.05) is 0 Å². The van der Waals surface area contributed by atoms with Crippen molar-refractivity contribution in [2.24, 2.45) is 0 Å². The minimum atomic E-state index is -3.59. The van der Waals surface area contributed by atoms with E-state index in [4.69, 9.17) is 4.74 Å². The molecule has 0 saturated carbocycles. The van der Waals surface area contributed by atoms with Gasteiger partial charge in [-0.15, -0.1) is 0 Å². The molecule has 1 aromatic carbocycles. The molecule has 0 aliphatic heterocycles. The van der Waals surface area contributed by atoms with Crippen LogP contribution in [0.4, 0.5) is 5.69 Å². The minimum Gasteiger partial charge on any atom is -0.384 e. The lowest BCUT2D eigenvalue weighted by Crippen LogP contribution is -2.41. The van der Waals surface area contributed by atoms with Gasteiger partial charge in [0.1, 0.15) is 6.04 Å². The van der Waals surface area contributed by atoms with Crippen molar-refractivity contribution in [2.45, 2.75) is 24.3 Å². The van der Waals surface area contributed by atoms with Crippen molar-refractivity contribution in [2.75, 3.05) is 26.1 Å². The van der Waals surface area contributed by atoms with Gasteiger partial charge < -0.3 is 15.4 Å². The zero-order valence-corrected chi connectivity index (χ0v) is 14.1.